The maximum absolute atomic E-state index is 10.8. The molecule has 1 aromatic heterocycles. The predicted octanol–water partition coefficient (Wildman–Crippen LogP) is 2.24. The minimum Gasteiger partial charge on any atom is -0.366 e. The van der Waals surface area contributed by atoms with E-state index in [0.717, 1.165) is 25.9 Å². The zero-order valence-corrected chi connectivity index (χ0v) is 8.78. The van der Waals surface area contributed by atoms with Gasteiger partial charge in [-0.3, -0.25) is 10.1 Å². The lowest BCUT2D eigenvalue weighted by Crippen LogP contribution is -2.19. The lowest BCUT2D eigenvalue weighted by Gasteiger charge is -2.16. The van der Waals surface area contributed by atoms with Gasteiger partial charge in [-0.05, 0) is 12.8 Å². The summed E-state index contributed by atoms with van der Waals surface area (Å²) in [5, 5.41) is 11.1. The molecule has 0 bridgehead atoms. The molecule has 1 fully saturated rings. The molecule has 1 aromatic rings. The van der Waals surface area contributed by atoms with Gasteiger partial charge in [0, 0.05) is 19.2 Å². The molecular formula is C9H10ClN3O2. The third kappa shape index (κ3) is 2.02. The smallest absolute Gasteiger partial charge is 0.310 e. The van der Waals surface area contributed by atoms with Crippen LogP contribution in [0.2, 0.25) is 5.15 Å². The Morgan fingerprint density at radius 2 is 2.13 bits per heavy atom. The molecular weight excluding hydrogens is 218 g/mol. The molecule has 0 atom stereocenters. The number of nitro groups is 1. The maximum atomic E-state index is 10.8. The molecule has 80 valence electrons. The topological polar surface area (TPSA) is 59.3 Å². The Hall–Kier alpha value is -1.36. The van der Waals surface area contributed by atoms with Crippen LogP contribution in [0.4, 0.5) is 11.4 Å². The Morgan fingerprint density at radius 1 is 1.47 bits per heavy atom. The maximum Gasteiger partial charge on any atom is 0.310 e. The summed E-state index contributed by atoms with van der Waals surface area (Å²) in [6, 6.07) is 1.56. The van der Waals surface area contributed by atoms with Crippen molar-refractivity contribution in [3.63, 3.8) is 0 Å². The van der Waals surface area contributed by atoms with Crippen LogP contribution >= 0.6 is 11.6 Å². The first-order chi connectivity index (χ1) is 7.18. The van der Waals surface area contributed by atoms with Crippen molar-refractivity contribution < 1.29 is 4.92 Å². The molecule has 0 amide bonds. The molecule has 0 radical (unpaired) electrons. The largest absolute Gasteiger partial charge is 0.366 e. The van der Waals surface area contributed by atoms with E-state index in [4.69, 9.17) is 11.6 Å². The zero-order chi connectivity index (χ0) is 10.8. The van der Waals surface area contributed by atoms with E-state index in [0.29, 0.717) is 10.8 Å². The van der Waals surface area contributed by atoms with Gasteiger partial charge >= 0.3 is 5.69 Å². The van der Waals surface area contributed by atoms with E-state index in [1.807, 2.05) is 4.90 Å². The Bertz CT molecular complexity index is 391. The fourth-order valence-electron chi connectivity index (χ4n) is 1.76. The van der Waals surface area contributed by atoms with Gasteiger partial charge in [-0.25, -0.2) is 4.98 Å². The van der Waals surface area contributed by atoms with E-state index >= 15 is 0 Å². The Morgan fingerprint density at radius 3 is 2.73 bits per heavy atom. The van der Waals surface area contributed by atoms with Crippen LogP contribution in [0.15, 0.2) is 12.3 Å². The van der Waals surface area contributed by atoms with Crippen molar-refractivity contribution in [2.24, 2.45) is 0 Å². The van der Waals surface area contributed by atoms with Crippen molar-refractivity contribution in [1.29, 1.82) is 0 Å². The molecule has 0 saturated carbocycles. The molecule has 15 heavy (non-hydrogen) atoms. The van der Waals surface area contributed by atoms with Gasteiger partial charge in [-0.15, -0.1) is 0 Å². The van der Waals surface area contributed by atoms with Crippen LogP contribution in [0.25, 0.3) is 0 Å². The summed E-state index contributed by atoms with van der Waals surface area (Å²) < 4.78 is 0. The quantitative estimate of drug-likeness (QED) is 0.442. The van der Waals surface area contributed by atoms with Gasteiger partial charge in [0.2, 0.25) is 0 Å². The number of pyridine rings is 1. The van der Waals surface area contributed by atoms with E-state index in [1.54, 1.807) is 6.07 Å². The summed E-state index contributed by atoms with van der Waals surface area (Å²) in [4.78, 5) is 16.1. The van der Waals surface area contributed by atoms with Crippen LogP contribution in [0, 0.1) is 10.1 Å². The average molecular weight is 228 g/mol. The summed E-state index contributed by atoms with van der Waals surface area (Å²) >= 11 is 5.74. The highest BCUT2D eigenvalue weighted by molar-refractivity contribution is 6.29. The zero-order valence-electron chi connectivity index (χ0n) is 8.02. The van der Waals surface area contributed by atoms with E-state index in [-0.39, 0.29) is 5.69 Å². The number of hydrogen-bond donors (Lipinski definition) is 0. The molecule has 1 aliphatic heterocycles. The number of rotatable bonds is 2. The molecule has 0 aliphatic carbocycles. The van der Waals surface area contributed by atoms with Gasteiger partial charge in [0.25, 0.3) is 0 Å². The number of anilines is 1. The second kappa shape index (κ2) is 4.02. The van der Waals surface area contributed by atoms with Crippen LogP contribution < -0.4 is 4.90 Å². The Kier molecular flexibility index (Phi) is 2.73. The van der Waals surface area contributed by atoms with E-state index < -0.39 is 4.92 Å². The van der Waals surface area contributed by atoms with Gasteiger partial charge in [-0.1, -0.05) is 11.6 Å². The highest BCUT2D eigenvalue weighted by Crippen LogP contribution is 2.31. The molecule has 5 nitrogen and oxygen atoms in total. The molecule has 2 heterocycles. The number of nitrogens with zero attached hydrogens (tertiary/aromatic N) is 3. The monoisotopic (exact) mass is 227 g/mol. The van der Waals surface area contributed by atoms with Crippen LogP contribution in [0.1, 0.15) is 12.8 Å². The molecule has 1 aliphatic rings. The summed E-state index contributed by atoms with van der Waals surface area (Å²) in [6.45, 7) is 1.70. The first kappa shape index (κ1) is 10.2. The molecule has 1 saturated heterocycles. The first-order valence-corrected chi connectivity index (χ1v) is 5.11. The second-order valence-corrected chi connectivity index (χ2v) is 3.83. The number of aromatic nitrogens is 1. The van der Waals surface area contributed by atoms with Crippen molar-refractivity contribution in [2.75, 3.05) is 18.0 Å². The van der Waals surface area contributed by atoms with Crippen LogP contribution in [-0.4, -0.2) is 23.0 Å². The first-order valence-electron chi connectivity index (χ1n) is 4.73. The molecule has 0 unspecified atom stereocenters. The predicted molar refractivity (Wildman–Crippen MR) is 57.3 cm³/mol. The minimum atomic E-state index is -0.420. The lowest BCUT2D eigenvalue weighted by atomic mass is 10.3. The molecule has 0 aromatic carbocycles. The van der Waals surface area contributed by atoms with Crippen LogP contribution in [0.3, 0.4) is 0 Å². The van der Waals surface area contributed by atoms with E-state index in [1.165, 1.54) is 6.20 Å². The van der Waals surface area contributed by atoms with Crippen LogP contribution in [0.5, 0.6) is 0 Å². The summed E-state index contributed by atoms with van der Waals surface area (Å²) in [5.74, 6) is 0. The van der Waals surface area contributed by atoms with Gasteiger partial charge in [0.05, 0.1) is 4.92 Å². The van der Waals surface area contributed by atoms with Crippen molar-refractivity contribution in [3.8, 4) is 0 Å². The van der Waals surface area contributed by atoms with Gasteiger partial charge in [-0.2, -0.15) is 0 Å². The van der Waals surface area contributed by atoms with Crippen molar-refractivity contribution in [3.05, 3.63) is 27.5 Å². The van der Waals surface area contributed by atoms with Crippen molar-refractivity contribution >= 4 is 23.0 Å². The van der Waals surface area contributed by atoms with Gasteiger partial charge in [0.1, 0.15) is 17.0 Å². The number of halogens is 1. The highest BCUT2D eigenvalue weighted by Gasteiger charge is 2.22. The average Bonchev–Trinajstić information content (AvgIpc) is 2.69. The second-order valence-electron chi connectivity index (χ2n) is 3.45. The SMILES string of the molecule is O=[N+]([O-])c1cnc(Cl)cc1N1CCCC1. The fraction of sp³-hybridized carbons (Fsp3) is 0.444. The summed E-state index contributed by atoms with van der Waals surface area (Å²) in [5.41, 5.74) is 0.610. The Labute approximate surface area is 91.8 Å². The minimum absolute atomic E-state index is 0.0290. The summed E-state index contributed by atoms with van der Waals surface area (Å²) in [6.07, 6.45) is 3.35. The Balaban J connectivity index is 2.41. The third-order valence-corrected chi connectivity index (χ3v) is 2.68. The van der Waals surface area contributed by atoms with Crippen molar-refractivity contribution in [2.45, 2.75) is 12.8 Å². The van der Waals surface area contributed by atoms with Gasteiger partial charge in [0.15, 0.2) is 0 Å². The standard InChI is InChI=1S/C9H10ClN3O2/c10-9-5-7(12-3-1-2-4-12)8(6-11-9)13(14)15/h5-6H,1-4H2. The van der Waals surface area contributed by atoms with E-state index in [2.05, 4.69) is 4.98 Å². The molecule has 0 N–H and O–H groups in total. The molecule has 2 rings (SSSR count). The lowest BCUT2D eigenvalue weighted by molar-refractivity contribution is -0.384. The highest BCUT2D eigenvalue weighted by atomic mass is 35.5. The molecule has 0 spiro atoms. The van der Waals surface area contributed by atoms with E-state index in [9.17, 15) is 10.1 Å². The van der Waals surface area contributed by atoms with Crippen molar-refractivity contribution in [1.82, 2.24) is 4.98 Å². The normalized spacial score (nSPS) is 15.7. The van der Waals surface area contributed by atoms with Gasteiger partial charge < -0.3 is 4.90 Å². The fourth-order valence-corrected chi connectivity index (χ4v) is 1.92. The molecule has 6 heteroatoms. The summed E-state index contributed by atoms with van der Waals surface area (Å²) in [7, 11) is 0. The number of hydrogen-bond acceptors (Lipinski definition) is 4. The van der Waals surface area contributed by atoms with Crippen LogP contribution in [-0.2, 0) is 0 Å². The third-order valence-electron chi connectivity index (χ3n) is 2.47.